The highest BCUT2D eigenvalue weighted by Crippen LogP contribution is 2.32. The molecule has 24 heavy (non-hydrogen) atoms. The molecule has 0 aliphatic carbocycles. The van der Waals surface area contributed by atoms with E-state index in [2.05, 4.69) is 19.2 Å². The maximum atomic E-state index is 12.2. The number of ketones is 1. The lowest BCUT2D eigenvalue weighted by atomic mass is 10.0. The zero-order valence-electron chi connectivity index (χ0n) is 13.9. The smallest absolute Gasteiger partial charge is 0.187 e. The van der Waals surface area contributed by atoms with Crippen molar-refractivity contribution in [3.05, 3.63) is 65.9 Å². The van der Waals surface area contributed by atoms with Crippen LogP contribution >= 0.6 is 0 Å². The Kier molecular flexibility index (Phi) is 4.85. The van der Waals surface area contributed by atoms with Gasteiger partial charge in [-0.2, -0.15) is 0 Å². The molecule has 0 saturated heterocycles. The van der Waals surface area contributed by atoms with Crippen molar-refractivity contribution in [3.8, 4) is 11.5 Å². The topological polar surface area (TPSA) is 47.6 Å². The van der Waals surface area contributed by atoms with Gasteiger partial charge in [0, 0.05) is 29.6 Å². The minimum absolute atomic E-state index is 0.0321. The number of anilines is 1. The van der Waals surface area contributed by atoms with Crippen LogP contribution in [-0.2, 0) is 0 Å². The van der Waals surface area contributed by atoms with Gasteiger partial charge in [0.15, 0.2) is 17.3 Å². The summed E-state index contributed by atoms with van der Waals surface area (Å²) in [7, 11) is 0. The molecule has 0 spiro atoms. The summed E-state index contributed by atoms with van der Waals surface area (Å²) in [5.41, 5.74) is 2.75. The first-order chi connectivity index (χ1) is 11.6. The minimum atomic E-state index is -0.0321. The summed E-state index contributed by atoms with van der Waals surface area (Å²) in [6.45, 7) is 5.39. The molecule has 4 heteroatoms. The number of ether oxygens (including phenoxy) is 2. The average molecular weight is 323 g/mol. The summed E-state index contributed by atoms with van der Waals surface area (Å²) in [4.78, 5) is 12.2. The van der Waals surface area contributed by atoms with Crippen molar-refractivity contribution in [1.82, 2.24) is 0 Å². The Labute approximate surface area is 142 Å². The number of hydrogen-bond donors (Lipinski definition) is 1. The number of allylic oxidation sites excluding steroid dienone is 1. The monoisotopic (exact) mass is 323 g/mol. The fourth-order valence-electron chi connectivity index (χ4n) is 2.48. The van der Waals surface area contributed by atoms with Crippen molar-refractivity contribution >= 4 is 11.5 Å². The van der Waals surface area contributed by atoms with E-state index in [0.29, 0.717) is 24.7 Å². The van der Waals surface area contributed by atoms with Crippen molar-refractivity contribution in [2.45, 2.75) is 19.8 Å². The number of carbonyl (C=O) groups excluding carboxylic acids is 1. The van der Waals surface area contributed by atoms with Crippen molar-refractivity contribution in [3.63, 3.8) is 0 Å². The van der Waals surface area contributed by atoms with Gasteiger partial charge in [0.25, 0.3) is 0 Å². The van der Waals surface area contributed by atoms with Gasteiger partial charge in [-0.25, -0.2) is 0 Å². The summed E-state index contributed by atoms with van der Waals surface area (Å²) >= 11 is 0. The molecule has 0 bridgehead atoms. The van der Waals surface area contributed by atoms with Gasteiger partial charge in [-0.05, 0) is 23.6 Å². The summed E-state index contributed by atoms with van der Waals surface area (Å²) in [5, 5.41) is 3.09. The first-order valence-electron chi connectivity index (χ1n) is 8.10. The molecular formula is C20H21NO3. The Balaban J connectivity index is 1.62. The lowest BCUT2D eigenvalue weighted by Crippen LogP contribution is -2.15. The van der Waals surface area contributed by atoms with Gasteiger partial charge in [-0.3, -0.25) is 4.79 Å². The van der Waals surface area contributed by atoms with Gasteiger partial charge in [0.05, 0.1) is 0 Å². The van der Waals surface area contributed by atoms with Crippen LogP contribution in [0.5, 0.6) is 11.5 Å². The van der Waals surface area contributed by atoms with E-state index >= 15 is 0 Å². The SMILES string of the molecule is CC(C)c1ccc(C(=O)C=CNc2ccc3c(c2)OCCO3)cc1. The van der Waals surface area contributed by atoms with E-state index in [1.54, 1.807) is 6.20 Å². The van der Waals surface area contributed by atoms with E-state index in [-0.39, 0.29) is 5.78 Å². The Morgan fingerprint density at radius 1 is 1.04 bits per heavy atom. The average Bonchev–Trinajstić information content (AvgIpc) is 2.61. The predicted octanol–water partition coefficient (Wildman–Crippen LogP) is 4.39. The fraction of sp³-hybridized carbons (Fsp3) is 0.250. The summed E-state index contributed by atoms with van der Waals surface area (Å²) in [6, 6.07) is 13.3. The lowest BCUT2D eigenvalue weighted by Gasteiger charge is -2.18. The van der Waals surface area contributed by atoms with Crippen LogP contribution in [0.1, 0.15) is 35.7 Å². The number of hydrogen-bond acceptors (Lipinski definition) is 4. The van der Waals surface area contributed by atoms with Gasteiger partial charge >= 0.3 is 0 Å². The number of carbonyl (C=O) groups is 1. The molecule has 0 saturated carbocycles. The standard InChI is InChI=1S/C20H21NO3/c1-14(2)15-3-5-16(6-4-15)18(22)9-10-21-17-7-8-19-20(13-17)24-12-11-23-19/h3-10,13-14,21H,11-12H2,1-2H3. The minimum Gasteiger partial charge on any atom is -0.486 e. The van der Waals surface area contributed by atoms with Crippen LogP contribution in [0.3, 0.4) is 0 Å². The van der Waals surface area contributed by atoms with Crippen LogP contribution in [0.25, 0.3) is 0 Å². The Bertz CT molecular complexity index is 748. The molecule has 1 aliphatic heterocycles. The highest BCUT2D eigenvalue weighted by atomic mass is 16.6. The number of nitrogens with one attached hydrogen (secondary N) is 1. The lowest BCUT2D eigenvalue weighted by molar-refractivity contribution is 0.104. The molecule has 0 aromatic heterocycles. The highest BCUT2D eigenvalue weighted by molar-refractivity contribution is 6.04. The second kappa shape index (κ2) is 7.21. The van der Waals surface area contributed by atoms with Gasteiger partial charge in [-0.1, -0.05) is 38.1 Å². The summed E-state index contributed by atoms with van der Waals surface area (Å²) < 4.78 is 11.0. The van der Waals surface area contributed by atoms with Crippen molar-refractivity contribution in [1.29, 1.82) is 0 Å². The first kappa shape index (κ1) is 16.1. The van der Waals surface area contributed by atoms with Crippen molar-refractivity contribution in [2.24, 2.45) is 0 Å². The molecule has 0 unspecified atom stereocenters. The summed E-state index contributed by atoms with van der Waals surface area (Å²) in [6.07, 6.45) is 3.17. The van der Waals surface area contributed by atoms with E-state index in [1.807, 2.05) is 42.5 Å². The largest absolute Gasteiger partial charge is 0.486 e. The molecule has 0 amide bonds. The molecule has 4 nitrogen and oxygen atoms in total. The second-order valence-corrected chi connectivity index (χ2v) is 5.98. The van der Waals surface area contributed by atoms with Gasteiger partial charge in [0.1, 0.15) is 13.2 Å². The summed E-state index contributed by atoms with van der Waals surface area (Å²) in [5.74, 6) is 1.89. The van der Waals surface area contributed by atoms with Crippen LogP contribution in [0, 0.1) is 0 Å². The molecule has 1 N–H and O–H groups in total. The first-order valence-corrected chi connectivity index (χ1v) is 8.10. The second-order valence-electron chi connectivity index (χ2n) is 5.98. The van der Waals surface area contributed by atoms with E-state index in [0.717, 1.165) is 17.2 Å². The van der Waals surface area contributed by atoms with E-state index < -0.39 is 0 Å². The van der Waals surface area contributed by atoms with Crippen LogP contribution in [0.4, 0.5) is 5.69 Å². The van der Waals surface area contributed by atoms with Crippen LogP contribution < -0.4 is 14.8 Å². The third-order valence-corrected chi connectivity index (χ3v) is 3.89. The normalized spacial score (nSPS) is 13.3. The van der Waals surface area contributed by atoms with Gasteiger partial charge < -0.3 is 14.8 Å². The quantitative estimate of drug-likeness (QED) is 0.655. The van der Waals surface area contributed by atoms with E-state index in [9.17, 15) is 4.79 Å². The predicted molar refractivity (Wildman–Crippen MR) is 95.1 cm³/mol. The molecular weight excluding hydrogens is 302 g/mol. The highest BCUT2D eigenvalue weighted by Gasteiger charge is 2.11. The van der Waals surface area contributed by atoms with Gasteiger partial charge in [0.2, 0.25) is 0 Å². The van der Waals surface area contributed by atoms with Crippen LogP contribution in [0.15, 0.2) is 54.7 Å². The third kappa shape index (κ3) is 3.77. The van der Waals surface area contributed by atoms with Crippen molar-refractivity contribution in [2.75, 3.05) is 18.5 Å². The molecule has 0 radical (unpaired) electrons. The molecule has 1 aliphatic rings. The fourth-order valence-corrected chi connectivity index (χ4v) is 2.48. The van der Waals surface area contributed by atoms with E-state index in [4.69, 9.17) is 9.47 Å². The van der Waals surface area contributed by atoms with Gasteiger partial charge in [-0.15, -0.1) is 0 Å². The molecule has 2 aromatic rings. The Morgan fingerprint density at radius 2 is 1.75 bits per heavy atom. The molecule has 2 aromatic carbocycles. The van der Waals surface area contributed by atoms with E-state index in [1.165, 1.54) is 11.6 Å². The number of fused-ring (bicyclic) bond motifs is 1. The number of benzene rings is 2. The van der Waals surface area contributed by atoms with Crippen molar-refractivity contribution < 1.29 is 14.3 Å². The maximum Gasteiger partial charge on any atom is 0.187 e. The molecule has 0 atom stereocenters. The maximum absolute atomic E-state index is 12.2. The number of rotatable bonds is 5. The zero-order valence-corrected chi connectivity index (χ0v) is 13.9. The third-order valence-electron chi connectivity index (χ3n) is 3.89. The Morgan fingerprint density at radius 3 is 2.46 bits per heavy atom. The van der Waals surface area contributed by atoms with Crippen LogP contribution in [0.2, 0.25) is 0 Å². The van der Waals surface area contributed by atoms with Crippen LogP contribution in [-0.4, -0.2) is 19.0 Å². The molecule has 124 valence electrons. The molecule has 3 rings (SSSR count). The molecule has 1 heterocycles. The zero-order chi connectivity index (χ0) is 16.9. The Hall–Kier alpha value is -2.75. The molecule has 0 fully saturated rings.